The van der Waals surface area contributed by atoms with E-state index in [-0.39, 0.29) is 5.41 Å². The monoisotopic (exact) mass is 366 g/mol. The summed E-state index contributed by atoms with van der Waals surface area (Å²) in [6, 6.07) is 16.0. The average Bonchev–Trinajstić information content (AvgIpc) is 2.65. The first-order chi connectivity index (χ1) is 13.0. The molecule has 0 saturated carbocycles. The number of fused-ring (bicyclic) bond motifs is 1. The fourth-order valence-electron chi connectivity index (χ4n) is 4.93. The molecule has 4 rings (SSSR count). The van der Waals surface area contributed by atoms with Crippen molar-refractivity contribution in [3.63, 3.8) is 0 Å². The van der Waals surface area contributed by atoms with Crippen LogP contribution in [0.25, 0.3) is 0 Å². The van der Waals surface area contributed by atoms with E-state index in [9.17, 15) is 10.2 Å². The fourth-order valence-corrected chi connectivity index (χ4v) is 4.93. The number of aromatic hydroxyl groups is 2. The van der Waals surface area contributed by atoms with E-state index in [1.165, 1.54) is 5.56 Å². The van der Waals surface area contributed by atoms with Gasteiger partial charge in [0.2, 0.25) is 0 Å². The fraction of sp³-hybridized carbons (Fsp3) is 0.478. The number of hydrogen-bond acceptors (Lipinski definition) is 4. The molecule has 2 N–H and O–H groups in total. The predicted molar refractivity (Wildman–Crippen MR) is 108 cm³/mol. The third kappa shape index (κ3) is 3.56. The summed E-state index contributed by atoms with van der Waals surface area (Å²) in [5.41, 5.74) is 2.32. The van der Waals surface area contributed by atoms with Crippen molar-refractivity contribution in [1.29, 1.82) is 0 Å². The Kier molecular flexibility index (Phi) is 4.87. The maximum Gasteiger partial charge on any atom is 0.120 e. The van der Waals surface area contributed by atoms with Crippen molar-refractivity contribution in [1.82, 2.24) is 9.80 Å². The van der Waals surface area contributed by atoms with E-state index in [4.69, 9.17) is 0 Å². The van der Waals surface area contributed by atoms with Crippen molar-refractivity contribution >= 4 is 0 Å². The first-order valence-electron chi connectivity index (χ1n) is 9.98. The second kappa shape index (κ2) is 7.17. The van der Waals surface area contributed by atoms with Crippen LogP contribution in [0.15, 0.2) is 48.5 Å². The summed E-state index contributed by atoms with van der Waals surface area (Å²) in [6.07, 6.45) is 1.09. The minimum Gasteiger partial charge on any atom is -0.508 e. The molecular weight excluding hydrogens is 336 g/mol. The van der Waals surface area contributed by atoms with E-state index in [0.717, 1.165) is 44.7 Å². The molecule has 2 aromatic carbocycles. The van der Waals surface area contributed by atoms with Gasteiger partial charge in [-0.1, -0.05) is 44.2 Å². The summed E-state index contributed by atoms with van der Waals surface area (Å²) >= 11 is 0. The van der Waals surface area contributed by atoms with Gasteiger partial charge < -0.3 is 10.2 Å². The highest BCUT2D eigenvalue weighted by Crippen LogP contribution is 2.43. The van der Waals surface area contributed by atoms with Gasteiger partial charge in [0, 0.05) is 44.3 Å². The van der Waals surface area contributed by atoms with E-state index >= 15 is 0 Å². The molecule has 2 heterocycles. The molecule has 4 heteroatoms. The molecule has 0 radical (unpaired) electrons. The highest BCUT2D eigenvalue weighted by Gasteiger charge is 2.44. The van der Waals surface area contributed by atoms with Crippen LogP contribution in [0.2, 0.25) is 0 Å². The van der Waals surface area contributed by atoms with E-state index < -0.39 is 0 Å². The first-order valence-corrected chi connectivity index (χ1v) is 9.98. The Morgan fingerprint density at radius 2 is 1.85 bits per heavy atom. The van der Waals surface area contributed by atoms with Crippen molar-refractivity contribution in [2.75, 3.05) is 26.2 Å². The summed E-state index contributed by atoms with van der Waals surface area (Å²) in [5, 5.41) is 20.1. The van der Waals surface area contributed by atoms with Crippen molar-refractivity contribution in [2.45, 2.75) is 38.3 Å². The number of phenols is 2. The number of piperazine rings is 1. The molecule has 144 valence electrons. The molecule has 2 saturated heterocycles. The third-order valence-corrected chi connectivity index (χ3v) is 6.84. The molecule has 0 bridgehead atoms. The third-order valence-electron chi connectivity index (χ3n) is 6.84. The highest BCUT2D eigenvalue weighted by atomic mass is 16.3. The number of phenolic OH excluding ortho intramolecular Hbond substituents is 2. The molecule has 4 nitrogen and oxygen atoms in total. The minimum atomic E-state index is 0.0673. The second-order valence-electron chi connectivity index (χ2n) is 8.59. The lowest BCUT2D eigenvalue weighted by molar-refractivity contribution is -0.00573. The molecule has 2 aliphatic rings. The number of hydrogen-bond donors (Lipinski definition) is 2. The number of benzene rings is 2. The number of para-hydroxylation sites is 1. The lowest BCUT2D eigenvalue weighted by Crippen LogP contribution is -2.60. The van der Waals surface area contributed by atoms with E-state index in [0.29, 0.717) is 23.5 Å². The smallest absolute Gasteiger partial charge is 0.120 e. The highest BCUT2D eigenvalue weighted by molar-refractivity contribution is 5.34. The summed E-state index contributed by atoms with van der Waals surface area (Å²) in [7, 11) is 0. The van der Waals surface area contributed by atoms with Crippen LogP contribution in [-0.2, 0) is 12.0 Å². The van der Waals surface area contributed by atoms with E-state index in [1.807, 2.05) is 30.3 Å². The van der Waals surface area contributed by atoms with Crippen LogP contribution in [0.1, 0.15) is 31.4 Å². The van der Waals surface area contributed by atoms with Gasteiger partial charge in [0.25, 0.3) is 0 Å². The maximum atomic E-state index is 10.1. The standard InChI is InChI=1S/C23H30N2O2/c1-17-14-25-11-10-24(15-18-6-3-4-9-22(18)27)16-20(25)13-23(17,2)19-7-5-8-21(26)12-19/h3-9,12,17,20,26-27H,10-11,13-16H2,1-2H3/t17-,20+,23+/m0/s1. The maximum absolute atomic E-state index is 10.1. The summed E-state index contributed by atoms with van der Waals surface area (Å²) in [6.45, 7) is 9.74. The number of piperidine rings is 1. The van der Waals surface area contributed by atoms with Crippen LogP contribution in [-0.4, -0.2) is 52.2 Å². The van der Waals surface area contributed by atoms with Crippen molar-refractivity contribution in [3.05, 3.63) is 59.7 Å². The van der Waals surface area contributed by atoms with Crippen LogP contribution < -0.4 is 0 Å². The topological polar surface area (TPSA) is 46.9 Å². The van der Waals surface area contributed by atoms with Gasteiger partial charge in [0.05, 0.1) is 0 Å². The Hall–Kier alpha value is -2.04. The van der Waals surface area contributed by atoms with E-state index in [2.05, 4.69) is 29.7 Å². The number of nitrogens with zero attached hydrogens (tertiary/aromatic N) is 2. The van der Waals surface area contributed by atoms with Crippen LogP contribution in [0.4, 0.5) is 0 Å². The van der Waals surface area contributed by atoms with Gasteiger partial charge in [0.15, 0.2) is 0 Å². The number of rotatable bonds is 3. The summed E-state index contributed by atoms with van der Waals surface area (Å²) in [5.74, 6) is 1.29. The molecule has 0 amide bonds. The summed E-state index contributed by atoms with van der Waals surface area (Å²) < 4.78 is 0. The lowest BCUT2D eigenvalue weighted by Gasteiger charge is -2.53. The molecule has 0 aliphatic carbocycles. The molecule has 0 unspecified atom stereocenters. The van der Waals surface area contributed by atoms with Gasteiger partial charge in [-0.2, -0.15) is 0 Å². The average molecular weight is 367 g/mol. The van der Waals surface area contributed by atoms with Crippen LogP contribution in [0.5, 0.6) is 11.5 Å². The molecule has 3 atom stereocenters. The van der Waals surface area contributed by atoms with Crippen molar-refractivity contribution in [3.8, 4) is 11.5 Å². The Morgan fingerprint density at radius 1 is 1.04 bits per heavy atom. The molecular formula is C23H30N2O2. The van der Waals surface area contributed by atoms with Gasteiger partial charge in [-0.3, -0.25) is 9.80 Å². The minimum absolute atomic E-state index is 0.0673. The molecule has 2 aliphatic heterocycles. The molecule has 0 aromatic heterocycles. The Balaban J connectivity index is 1.51. The van der Waals surface area contributed by atoms with Gasteiger partial charge in [0.1, 0.15) is 11.5 Å². The van der Waals surface area contributed by atoms with Crippen LogP contribution >= 0.6 is 0 Å². The van der Waals surface area contributed by atoms with Crippen molar-refractivity contribution < 1.29 is 10.2 Å². The van der Waals surface area contributed by atoms with Crippen LogP contribution in [0, 0.1) is 5.92 Å². The molecule has 0 spiro atoms. The quantitative estimate of drug-likeness (QED) is 0.872. The van der Waals surface area contributed by atoms with E-state index in [1.54, 1.807) is 12.1 Å². The summed E-state index contributed by atoms with van der Waals surface area (Å²) in [4.78, 5) is 5.10. The zero-order valence-corrected chi connectivity index (χ0v) is 16.3. The van der Waals surface area contributed by atoms with Gasteiger partial charge in [-0.15, -0.1) is 0 Å². The normalized spacial score (nSPS) is 29.4. The molecule has 2 aromatic rings. The Bertz CT molecular complexity index is 808. The SMILES string of the molecule is C[C@H]1CN2CCN(Cc3ccccc3O)C[C@H]2C[C@@]1(C)c1cccc(O)c1. The molecule has 27 heavy (non-hydrogen) atoms. The lowest BCUT2D eigenvalue weighted by atomic mass is 9.65. The zero-order valence-electron chi connectivity index (χ0n) is 16.3. The first kappa shape index (κ1) is 18.3. The Morgan fingerprint density at radius 3 is 2.63 bits per heavy atom. The van der Waals surface area contributed by atoms with Gasteiger partial charge in [-0.05, 0) is 41.5 Å². The largest absolute Gasteiger partial charge is 0.508 e. The van der Waals surface area contributed by atoms with Gasteiger partial charge >= 0.3 is 0 Å². The molecule has 2 fully saturated rings. The zero-order chi connectivity index (χ0) is 19.0. The van der Waals surface area contributed by atoms with Crippen LogP contribution in [0.3, 0.4) is 0 Å². The Labute approximate surface area is 162 Å². The van der Waals surface area contributed by atoms with Crippen molar-refractivity contribution in [2.24, 2.45) is 5.92 Å². The predicted octanol–water partition coefficient (Wildman–Crippen LogP) is 3.58. The second-order valence-corrected chi connectivity index (χ2v) is 8.59. The van der Waals surface area contributed by atoms with Gasteiger partial charge in [-0.25, -0.2) is 0 Å².